The molecule has 2 aromatic rings. The Bertz CT molecular complexity index is 719. The van der Waals surface area contributed by atoms with Crippen LogP contribution in [0.1, 0.15) is 76.2 Å². The molecular formula is C24H31F. The molecule has 4 atom stereocenters. The zero-order chi connectivity index (χ0) is 17.2. The minimum Gasteiger partial charge on any atom is -0.206 e. The molecule has 0 bridgehead atoms. The van der Waals surface area contributed by atoms with Crippen LogP contribution in [0.3, 0.4) is 0 Å². The topological polar surface area (TPSA) is 0 Å². The zero-order valence-corrected chi connectivity index (χ0v) is 15.5. The molecule has 25 heavy (non-hydrogen) atoms. The fourth-order valence-electron chi connectivity index (χ4n) is 5.59. The van der Waals surface area contributed by atoms with Gasteiger partial charge in [-0.3, -0.25) is 0 Å². The van der Waals surface area contributed by atoms with Gasteiger partial charge >= 0.3 is 0 Å². The van der Waals surface area contributed by atoms with Crippen molar-refractivity contribution in [2.24, 2.45) is 17.8 Å². The highest BCUT2D eigenvalue weighted by molar-refractivity contribution is 5.83. The van der Waals surface area contributed by atoms with Crippen LogP contribution >= 0.6 is 0 Å². The minimum absolute atomic E-state index is 0.0400. The van der Waals surface area contributed by atoms with Gasteiger partial charge in [0, 0.05) is 5.39 Å². The summed E-state index contributed by atoms with van der Waals surface area (Å²) in [5.74, 6) is 3.18. The lowest BCUT2D eigenvalue weighted by molar-refractivity contribution is 0.113. The molecular weight excluding hydrogens is 307 g/mol. The van der Waals surface area contributed by atoms with Gasteiger partial charge in [0.1, 0.15) is 5.82 Å². The quantitative estimate of drug-likeness (QED) is 0.542. The smallest absolute Gasteiger partial charge is 0.134 e. The molecule has 4 rings (SSSR count). The molecule has 0 aromatic heterocycles. The summed E-state index contributed by atoms with van der Waals surface area (Å²) < 4.78 is 15.1. The van der Waals surface area contributed by atoms with E-state index in [1.54, 1.807) is 0 Å². The first kappa shape index (κ1) is 17.1. The standard InChI is InChI=1S/C24H31F/c1-2-3-6-17-9-10-20-16-21(12-11-19(20)15-17)23-14-13-18-7-4-5-8-22(18)24(23)25/h4-5,7-8,13-14,17,19-21H,2-3,6,9-12,15-16H2,1H3. The normalized spacial score (nSPS) is 29.5. The second kappa shape index (κ2) is 7.48. The van der Waals surface area contributed by atoms with Gasteiger partial charge < -0.3 is 0 Å². The molecule has 0 radical (unpaired) electrons. The van der Waals surface area contributed by atoms with E-state index in [1.807, 2.05) is 24.3 Å². The average Bonchev–Trinajstić information content (AvgIpc) is 2.66. The molecule has 0 amide bonds. The fraction of sp³-hybridized carbons (Fsp3) is 0.583. The Morgan fingerprint density at radius 1 is 0.920 bits per heavy atom. The van der Waals surface area contributed by atoms with Crippen LogP contribution in [-0.4, -0.2) is 0 Å². The SMILES string of the molecule is CCCCC1CCC2CC(c3ccc4ccccc4c3F)CCC2C1. The van der Waals surface area contributed by atoms with Gasteiger partial charge in [-0.1, -0.05) is 69.0 Å². The molecule has 0 heterocycles. The van der Waals surface area contributed by atoms with Crippen molar-refractivity contribution in [1.29, 1.82) is 0 Å². The van der Waals surface area contributed by atoms with Crippen molar-refractivity contribution >= 4 is 10.8 Å². The predicted molar refractivity (Wildman–Crippen MR) is 104 cm³/mol. The monoisotopic (exact) mass is 338 g/mol. The lowest BCUT2D eigenvalue weighted by atomic mass is 9.63. The van der Waals surface area contributed by atoms with E-state index in [4.69, 9.17) is 0 Å². The summed E-state index contributed by atoms with van der Waals surface area (Å²) in [6, 6.07) is 12.1. The number of hydrogen-bond acceptors (Lipinski definition) is 0. The summed E-state index contributed by atoms with van der Waals surface area (Å²) in [5, 5.41) is 1.82. The molecule has 2 aliphatic rings. The Morgan fingerprint density at radius 3 is 2.60 bits per heavy atom. The Kier molecular flexibility index (Phi) is 5.10. The zero-order valence-electron chi connectivity index (χ0n) is 15.5. The maximum absolute atomic E-state index is 15.1. The molecule has 134 valence electrons. The van der Waals surface area contributed by atoms with Gasteiger partial charge in [-0.05, 0) is 66.7 Å². The maximum atomic E-state index is 15.1. The third kappa shape index (κ3) is 3.48. The third-order valence-corrected chi connectivity index (χ3v) is 7.02. The molecule has 0 spiro atoms. The molecule has 0 N–H and O–H groups in total. The Labute approximate surface area is 151 Å². The molecule has 2 aromatic carbocycles. The second-order valence-corrected chi connectivity index (χ2v) is 8.54. The minimum atomic E-state index is 0.0400. The number of rotatable bonds is 4. The Morgan fingerprint density at radius 2 is 1.72 bits per heavy atom. The van der Waals surface area contributed by atoms with Crippen LogP contribution < -0.4 is 0 Å². The van der Waals surface area contributed by atoms with Gasteiger partial charge in [0.25, 0.3) is 0 Å². The number of halogens is 1. The van der Waals surface area contributed by atoms with Crippen molar-refractivity contribution < 1.29 is 4.39 Å². The van der Waals surface area contributed by atoms with Crippen molar-refractivity contribution in [3.05, 3.63) is 47.8 Å². The van der Waals surface area contributed by atoms with Gasteiger partial charge in [-0.25, -0.2) is 4.39 Å². The Hall–Kier alpha value is -1.37. The van der Waals surface area contributed by atoms with Gasteiger partial charge in [-0.15, -0.1) is 0 Å². The van der Waals surface area contributed by atoms with Crippen LogP contribution in [0.2, 0.25) is 0 Å². The third-order valence-electron chi connectivity index (χ3n) is 7.02. The van der Waals surface area contributed by atoms with Crippen LogP contribution in [0.15, 0.2) is 36.4 Å². The second-order valence-electron chi connectivity index (χ2n) is 8.54. The van der Waals surface area contributed by atoms with Crippen LogP contribution in [0.4, 0.5) is 4.39 Å². The van der Waals surface area contributed by atoms with Crippen LogP contribution in [0.25, 0.3) is 10.8 Å². The predicted octanol–water partition coefficient (Wildman–Crippen LogP) is 7.47. The molecule has 1 heteroatoms. The molecule has 2 aliphatic carbocycles. The van der Waals surface area contributed by atoms with Crippen molar-refractivity contribution in [2.75, 3.05) is 0 Å². The van der Waals surface area contributed by atoms with Crippen molar-refractivity contribution in [1.82, 2.24) is 0 Å². The van der Waals surface area contributed by atoms with Crippen molar-refractivity contribution in [3.8, 4) is 0 Å². The molecule has 2 saturated carbocycles. The lowest BCUT2D eigenvalue weighted by Crippen LogP contribution is -2.30. The largest absolute Gasteiger partial charge is 0.206 e. The van der Waals surface area contributed by atoms with E-state index >= 15 is 4.39 Å². The molecule has 4 unspecified atom stereocenters. The van der Waals surface area contributed by atoms with E-state index in [0.29, 0.717) is 5.92 Å². The van der Waals surface area contributed by atoms with E-state index in [9.17, 15) is 0 Å². The summed E-state index contributed by atoms with van der Waals surface area (Å²) in [6.07, 6.45) is 12.1. The van der Waals surface area contributed by atoms with Crippen LogP contribution in [0, 0.1) is 23.6 Å². The van der Waals surface area contributed by atoms with Gasteiger partial charge in [0.05, 0.1) is 0 Å². The first-order valence-corrected chi connectivity index (χ1v) is 10.4. The van der Waals surface area contributed by atoms with E-state index in [1.165, 1.54) is 57.8 Å². The number of hydrogen-bond donors (Lipinski definition) is 0. The van der Waals surface area contributed by atoms with E-state index in [0.717, 1.165) is 34.1 Å². The molecule has 0 aliphatic heterocycles. The Balaban J connectivity index is 1.47. The summed E-state index contributed by atoms with van der Waals surface area (Å²) in [4.78, 5) is 0. The highest BCUT2D eigenvalue weighted by Crippen LogP contribution is 2.49. The van der Waals surface area contributed by atoms with Crippen molar-refractivity contribution in [3.63, 3.8) is 0 Å². The first-order valence-electron chi connectivity index (χ1n) is 10.4. The summed E-state index contributed by atoms with van der Waals surface area (Å²) in [6.45, 7) is 2.30. The highest BCUT2D eigenvalue weighted by atomic mass is 19.1. The van der Waals surface area contributed by atoms with Crippen LogP contribution in [-0.2, 0) is 0 Å². The summed E-state index contributed by atoms with van der Waals surface area (Å²) in [5.41, 5.74) is 0.977. The lowest BCUT2D eigenvalue weighted by Gasteiger charge is -2.42. The van der Waals surface area contributed by atoms with Crippen LogP contribution in [0.5, 0.6) is 0 Å². The molecule has 2 fully saturated rings. The number of unbranched alkanes of at least 4 members (excludes halogenated alkanes) is 1. The average molecular weight is 339 g/mol. The van der Waals surface area contributed by atoms with E-state index < -0.39 is 0 Å². The summed E-state index contributed by atoms with van der Waals surface area (Å²) >= 11 is 0. The van der Waals surface area contributed by atoms with Gasteiger partial charge in [-0.2, -0.15) is 0 Å². The maximum Gasteiger partial charge on any atom is 0.134 e. The van der Waals surface area contributed by atoms with Gasteiger partial charge in [0.2, 0.25) is 0 Å². The number of fused-ring (bicyclic) bond motifs is 2. The van der Waals surface area contributed by atoms with Crippen molar-refractivity contribution in [2.45, 2.75) is 70.6 Å². The molecule has 0 nitrogen and oxygen atoms in total. The summed E-state index contributed by atoms with van der Waals surface area (Å²) in [7, 11) is 0. The number of benzene rings is 2. The van der Waals surface area contributed by atoms with Gasteiger partial charge in [0.15, 0.2) is 0 Å². The molecule has 0 saturated heterocycles. The highest BCUT2D eigenvalue weighted by Gasteiger charge is 2.36. The fourth-order valence-corrected chi connectivity index (χ4v) is 5.59. The van der Waals surface area contributed by atoms with E-state index in [2.05, 4.69) is 19.1 Å². The van der Waals surface area contributed by atoms with E-state index in [-0.39, 0.29) is 5.82 Å². The first-order chi connectivity index (χ1) is 12.3.